The van der Waals surface area contributed by atoms with Crippen molar-refractivity contribution in [3.8, 4) is 5.75 Å². The maximum absolute atomic E-state index is 12.0. The standard InChI is InChI=1S/C16H21IO3/c1-6-19-14(18)10-7-11-13(12(17)8-10)20-16(4,5)9-15(11,2)3/h7-8H,6,9H2,1-5H3. The molecule has 0 bridgehead atoms. The quantitative estimate of drug-likeness (QED) is 0.560. The molecule has 0 amide bonds. The Balaban J connectivity index is 2.54. The second-order valence-corrected chi connectivity index (χ2v) is 7.64. The third kappa shape index (κ3) is 2.95. The maximum Gasteiger partial charge on any atom is 0.338 e. The van der Waals surface area contributed by atoms with Crippen molar-refractivity contribution in [3.63, 3.8) is 0 Å². The number of rotatable bonds is 2. The molecule has 0 fully saturated rings. The van der Waals surface area contributed by atoms with E-state index < -0.39 is 0 Å². The molecule has 3 nitrogen and oxygen atoms in total. The first-order chi connectivity index (χ1) is 9.16. The average molecular weight is 388 g/mol. The van der Waals surface area contributed by atoms with Gasteiger partial charge in [0.1, 0.15) is 11.4 Å². The van der Waals surface area contributed by atoms with Gasteiger partial charge in [-0.2, -0.15) is 0 Å². The molecule has 0 aliphatic carbocycles. The van der Waals surface area contributed by atoms with Crippen LogP contribution in [0, 0.1) is 3.57 Å². The maximum atomic E-state index is 12.0. The van der Waals surface area contributed by atoms with Gasteiger partial charge in [0.05, 0.1) is 15.7 Å². The van der Waals surface area contributed by atoms with Gasteiger partial charge >= 0.3 is 5.97 Å². The summed E-state index contributed by atoms with van der Waals surface area (Å²) in [6.45, 7) is 10.8. The largest absolute Gasteiger partial charge is 0.486 e. The molecule has 1 aliphatic rings. The van der Waals surface area contributed by atoms with Crippen LogP contribution in [-0.2, 0) is 10.2 Å². The molecule has 0 aromatic heterocycles. The lowest BCUT2D eigenvalue weighted by Gasteiger charge is -2.43. The molecule has 0 unspecified atom stereocenters. The second-order valence-electron chi connectivity index (χ2n) is 6.48. The van der Waals surface area contributed by atoms with Crippen LogP contribution in [-0.4, -0.2) is 18.2 Å². The van der Waals surface area contributed by atoms with Gasteiger partial charge in [0.2, 0.25) is 0 Å². The van der Waals surface area contributed by atoms with Crippen LogP contribution < -0.4 is 4.74 Å². The number of carbonyl (C=O) groups excluding carboxylic acids is 1. The number of halogens is 1. The van der Waals surface area contributed by atoms with Gasteiger partial charge < -0.3 is 9.47 Å². The van der Waals surface area contributed by atoms with Crippen molar-refractivity contribution in [3.05, 3.63) is 26.8 Å². The lowest BCUT2D eigenvalue weighted by Crippen LogP contribution is -2.41. The molecule has 0 radical (unpaired) electrons. The van der Waals surface area contributed by atoms with Crippen LogP contribution in [0.1, 0.15) is 57.0 Å². The van der Waals surface area contributed by atoms with Crippen molar-refractivity contribution in [2.45, 2.75) is 52.1 Å². The van der Waals surface area contributed by atoms with E-state index in [-0.39, 0.29) is 17.0 Å². The fourth-order valence-electron chi connectivity index (χ4n) is 3.00. The van der Waals surface area contributed by atoms with E-state index in [9.17, 15) is 4.79 Å². The van der Waals surface area contributed by atoms with Gasteiger partial charge in [0.15, 0.2) is 0 Å². The van der Waals surface area contributed by atoms with Gasteiger partial charge in [0, 0.05) is 5.56 Å². The normalized spacial score (nSPS) is 18.9. The van der Waals surface area contributed by atoms with E-state index in [2.05, 4.69) is 50.3 Å². The van der Waals surface area contributed by atoms with E-state index in [1.165, 1.54) is 0 Å². The van der Waals surface area contributed by atoms with Crippen LogP contribution in [0.25, 0.3) is 0 Å². The van der Waals surface area contributed by atoms with Gasteiger partial charge in [-0.3, -0.25) is 0 Å². The van der Waals surface area contributed by atoms with Crippen LogP contribution in [0.5, 0.6) is 5.75 Å². The Morgan fingerprint density at radius 3 is 2.60 bits per heavy atom. The van der Waals surface area contributed by atoms with Crippen LogP contribution in [0.2, 0.25) is 0 Å². The predicted octanol–water partition coefficient (Wildman–Crippen LogP) is 4.31. The fraction of sp³-hybridized carbons (Fsp3) is 0.562. The third-order valence-electron chi connectivity index (χ3n) is 3.53. The topological polar surface area (TPSA) is 35.5 Å². The minimum Gasteiger partial charge on any atom is -0.486 e. The molecule has 1 aromatic carbocycles. The number of ether oxygens (including phenoxy) is 2. The first-order valence-corrected chi connectivity index (χ1v) is 7.94. The molecule has 1 aliphatic heterocycles. The van der Waals surface area contributed by atoms with Gasteiger partial charge in [-0.05, 0) is 67.3 Å². The summed E-state index contributed by atoms with van der Waals surface area (Å²) in [6.07, 6.45) is 0.912. The summed E-state index contributed by atoms with van der Waals surface area (Å²) in [5.41, 5.74) is 1.47. The highest BCUT2D eigenvalue weighted by molar-refractivity contribution is 14.1. The van der Waals surface area contributed by atoms with Gasteiger partial charge in [-0.15, -0.1) is 0 Å². The predicted molar refractivity (Wildman–Crippen MR) is 87.5 cm³/mol. The molecule has 0 saturated carbocycles. The zero-order valence-electron chi connectivity index (χ0n) is 12.7. The van der Waals surface area contributed by atoms with Crippen LogP contribution in [0.15, 0.2) is 12.1 Å². The highest BCUT2D eigenvalue weighted by Gasteiger charge is 2.40. The fourth-order valence-corrected chi connectivity index (χ4v) is 3.74. The Labute approximate surface area is 134 Å². The lowest BCUT2D eigenvalue weighted by atomic mass is 9.73. The number of esters is 1. The Hall–Kier alpha value is -0.780. The summed E-state index contributed by atoms with van der Waals surface area (Å²) in [6, 6.07) is 3.76. The molecule has 1 heterocycles. The highest BCUT2D eigenvalue weighted by Crippen LogP contribution is 2.47. The Morgan fingerprint density at radius 2 is 2.00 bits per heavy atom. The van der Waals surface area contributed by atoms with E-state index in [0.717, 1.165) is 21.3 Å². The summed E-state index contributed by atoms with van der Waals surface area (Å²) in [7, 11) is 0. The molecule has 0 atom stereocenters. The van der Waals surface area contributed by atoms with E-state index in [1.54, 1.807) is 0 Å². The summed E-state index contributed by atoms with van der Waals surface area (Å²) in [5.74, 6) is 0.633. The first kappa shape index (κ1) is 15.6. The van der Waals surface area contributed by atoms with Gasteiger partial charge in [0.25, 0.3) is 0 Å². The second kappa shape index (κ2) is 5.20. The molecule has 0 saturated heterocycles. The smallest absolute Gasteiger partial charge is 0.338 e. The summed E-state index contributed by atoms with van der Waals surface area (Å²) >= 11 is 2.23. The highest BCUT2D eigenvalue weighted by atomic mass is 127. The van der Waals surface area contributed by atoms with Gasteiger partial charge in [-0.1, -0.05) is 13.8 Å². The monoisotopic (exact) mass is 388 g/mol. The molecule has 110 valence electrons. The average Bonchev–Trinajstić information content (AvgIpc) is 2.28. The molecular weight excluding hydrogens is 367 g/mol. The van der Waals surface area contributed by atoms with Crippen molar-refractivity contribution < 1.29 is 14.3 Å². The van der Waals surface area contributed by atoms with E-state index in [0.29, 0.717) is 12.2 Å². The first-order valence-electron chi connectivity index (χ1n) is 6.86. The summed E-state index contributed by atoms with van der Waals surface area (Å²) < 4.78 is 12.2. The van der Waals surface area contributed by atoms with Crippen molar-refractivity contribution in [1.29, 1.82) is 0 Å². The molecule has 4 heteroatoms. The molecule has 0 N–H and O–H groups in total. The zero-order valence-corrected chi connectivity index (χ0v) is 14.8. The van der Waals surface area contributed by atoms with E-state index in [4.69, 9.17) is 9.47 Å². The Bertz CT molecular complexity index is 547. The summed E-state index contributed by atoms with van der Waals surface area (Å²) in [5, 5.41) is 0. The molecule has 0 spiro atoms. The van der Waals surface area contributed by atoms with Crippen molar-refractivity contribution in [2.75, 3.05) is 6.61 Å². The molecular formula is C16H21IO3. The number of carbonyl (C=O) groups is 1. The van der Waals surface area contributed by atoms with E-state index >= 15 is 0 Å². The number of hydrogen-bond acceptors (Lipinski definition) is 3. The Morgan fingerprint density at radius 1 is 1.35 bits per heavy atom. The van der Waals surface area contributed by atoms with Gasteiger partial charge in [-0.25, -0.2) is 4.79 Å². The lowest BCUT2D eigenvalue weighted by molar-refractivity contribution is 0.0504. The van der Waals surface area contributed by atoms with Crippen molar-refractivity contribution in [1.82, 2.24) is 0 Å². The minimum atomic E-state index is -0.270. The van der Waals surface area contributed by atoms with Crippen LogP contribution in [0.4, 0.5) is 0 Å². The number of hydrogen-bond donors (Lipinski definition) is 0. The van der Waals surface area contributed by atoms with E-state index in [1.807, 2.05) is 19.1 Å². The third-order valence-corrected chi connectivity index (χ3v) is 4.33. The van der Waals surface area contributed by atoms with Crippen molar-refractivity contribution >= 4 is 28.6 Å². The van der Waals surface area contributed by atoms with Crippen LogP contribution in [0.3, 0.4) is 0 Å². The van der Waals surface area contributed by atoms with Crippen LogP contribution >= 0.6 is 22.6 Å². The molecule has 20 heavy (non-hydrogen) atoms. The zero-order chi connectivity index (χ0) is 15.1. The molecule has 1 aromatic rings. The Kier molecular flexibility index (Phi) is 4.06. The number of benzene rings is 1. The SMILES string of the molecule is CCOC(=O)c1cc(I)c2c(c1)C(C)(C)CC(C)(C)O2. The number of fused-ring (bicyclic) bond motifs is 1. The molecule has 2 rings (SSSR count). The summed E-state index contributed by atoms with van der Waals surface area (Å²) in [4.78, 5) is 12.0. The van der Waals surface area contributed by atoms with Crippen molar-refractivity contribution in [2.24, 2.45) is 0 Å². The minimum absolute atomic E-state index is 0.0283.